The minimum atomic E-state index is -2.16. The van der Waals surface area contributed by atoms with Gasteiger partial charge in [-0.2, -0.15) is 0 Å². The highest BCUT2D eigenvalue weighted by atomic mass is 28.4. The smallest absolute Gasteiger partial charge is 0.255 e. The third-order valence-electron chi connectivity index (χ3n) is 4.55. The van der Waals surface area contributed by atoms with Crippen molar-refractivity contribution in [3.8, 4) is 0 Å². The zero-order valence-electron chi connectivity index (χ0n) is 14.9. The lowest BCUT2D eigenvalue weighted by atomic mass is 10.1. The molecule has 0 aromatic carbocycles. The Kier molecular flexibility index (Phi) is 5.53. The minimum absolute atomic E-state index is 0.0734. The lowest BCUT2D eigenvalue weighted by molar-refractivity contribution is -0.167. The summed E-state index contributed by atoms with van der Waals surface area (Å²) in [5, 5.41) is -0.0734. The number of amides is 4. The normalized spacial score (nSPS) is 20.0. The molecule has 1 rings (SSSR count). The molecule has 1 saturated heterocycles. The van der Waals surface area contributed by atoms with Gasteiger partial charge >= 0.3 is 0 Å². The number of imide groups is 2. The van der Waals surface area contributed by atoms with E-state index in [2.05, 4.69) is 20.8 Å². The molecule has 0 aliphatic carbocycles. The van der Waals surface area contributed by atoms with Gasteiger partial charge in [0, 0.05) is 13.8 Å². The maximum absolute atomic E-state index is 12.5. The van der Waals surface area contributed by atoms with Crippen molar-refractivity contribution in [3.63, 3.8) is 0 Å². The molecule has 1 fully saturated rings. The molecule has 1 aliphatic heterocycles. The van der Waals surface area contributed by atoms with E-state index in [1.54, 1.807) is 0 Å². The highest BCUT2D eigenvalue weighted by Crippen LogP contribution is 2.36. The summed E-state index contributed by atoms with van der Waals surface area (Å²) in [6.45, 7) is 12.2. The zero-order valence-corrected chi connectivity index (χ0v) is 15.9. The summed E-state index contributed by atoms with van der Waals surface area (Å²) in [5.41, 5.74) is 0. The van der Waals surface area contributed by atoms with Crippen molar-refractivity contribution in [2.45, 2.75) is 58.8 Å². The number of piperazine rings is 1. The number of carbonyl (C=O) groups is 4. The van der Waals surface area contributed by atoms with E-state index < -0.39 is 44.5 Å². The summed E-state index contributed by atoms with van der Waals surface area (Å²) in [5.74, 6) is -2.15. The third kappa shape index (κ3) is 4.05. The van der Waals surface area contributed by atoms with Crippen molar-refractivity contribution in [2.24, 2.45) is 0 Å². The van der Waals surface area contributed by atoms with Gasteiger partial charge in [-0.15, -0.1) is 0 Å². The van der Waals surface area contributed by atoms with Crippen molar-refractivity contribution < 1.29 is 23.6 Å². The van der Waals surface area contributed by atoms with Crippen LogP contribution >= 0.6 is 0 Å². The molecule has 0 N–H and O–H groups in total. The Morgan fingerprint density at radius 3 is 2.09 bits per heavy atom. The molecule has 0 saturated carbocycles. The summed E-state index contributed by atoms with van der Waals surface area (Å²) < 4.78 is 5.99. The van der Waals surface area contributed by atoms with E-state index in [-0.39, 0.29) is 11.6 Å². The largest absolute Gasteiger partial charge is 0.414 e. The van der Waals surface area contributed by atoms with E-state index in [0.29, 0.717) is 0 Å². The molecule has 1 aliphatic rings. The van der Waals surface area contributed by atoms with Crippen LogP contribution in [0.4, 0.5) is 0 Å². The Bertz CT molecular complexity index is 538. The quantitative estimate of drug-likeness (QED) is 0.718. The molecule has 1 unspecified atom stereocenters. The average molecular weight is 342 g/mol. The van der Waals surface area contributed by atoms with Gasteiger partial charge in [-0.1, -0.05) is 20.8 Å². The fourth-order valence-electron chi connectivity index (χ4n) is 2.06. The van der Waals surface area contributed by atoms with Gasteiger partial charge in [0.05, 0.1) is 6.61 Å². The Balaban J connectivity index is 3.06. The monoisotopic (exact) mass is 342 g/mol. The van der Waals surface area contributed by atoms with Gasteiger partial charge in [-0.25, -0.2) is 0 Å². The molecule has 4 amide bonds. The number of rotatable bonds is 3. The van der Waals surface area contributed by atoms with Crippen LogP contribution in [-0.4, -0.2) is 60.9 Å². The van der Waals surface area contributed by atoms with Crippen LogP contribution in [0.3, 0.4) is 0 Å². The summed E-state index contributed by atoms with van der Waals surface area (Å²) in [7, 11) is -2.16. The maximum atomic E-state index is 12.5. The molecule has 23 heavy (non-hydrogen) atoms. The van der Waals surface area contributed by atoms with Crippen LogP contribution < -0.4 is 0 Å². The molecule has 8 heteroatoms. The van der Waals surface area contributed by atoms with E-state index in [4.69, 9.17) is 4.43 Å². The molecule has 0 spiro atoms. The van der Waals surface area contributed by atoms with Crippen LogP contribution in [0.25, 0.3) is 0 Å². The fraction of sp³-hybridized carbons (Fsp3) is 0.733. The van der Waals surface area contributed by atoms with E-state index >= 15 is 0 Å². The number of hydrogen-bond donors (Lipinski definition) is 0. The third-order valence-corrected chi connectivity index (χ3v) is 9.05. The molecule has 1 heterocycles. The second-order valence-electron chi connectivity index (χ2n) is 7.31. The van der Waals surface area contributed by atoms with Crippen molar-refractivity contribution in [2.75, 3.05) is 13.2 Å². The highest BCUT2D eigenvalue weighted by Gasteiger charge is 2.45. The topological polar surface area (TPSA) is 84.0 Å². The van der Waals surface area contributed by atoms with Crippen LogP contribution in [-0.2, 0) is 23.6 Å². The second kappa shape index (κ2) is 6.52. The number of carbonyl (C=O) groups excluding carboxylic acids is 4. The zero-order chi connectivity index (χ0) is 18.2. The van der Waals surface area contributed by atoms with E-state index in [0.717, 1.165) is 9.80 Å². The van der Waals surface area contributed by atoms with Crippen LogP contribution in [0.5, 0.6) is 0 Å². The minimum Gasteiger partial charge on any atom is -0.414 e. The predicted molar refractivity (Wildman–Crippen MR) is 86.9 cm³/mol. The molecule has 0 aromatic rings. The number of nitrogens with zero attached hydrogens (tertiary/aromatic N) is 2. The van der Waals surface area contributed by atoms with Crippen LogP contribution in [0.2, 0.25) is 18.1 Å². The molecule has 0 aromatic heterocycles. The van der Waals surface area contributed by atoms with Gasteiger partial charge in [0.25, 0.3) is 5.91 Å². The van der Waals surface area contributed by atoms with Crippen molar-refractivity contribution in [1.29, 1.82) is 0 Å². The van der Waals surface area contributed by atoms with Crippen LogP contribution in [0, 0.1) is 0 Å². The standard InChI is InChI=1S/C15H26N2O5Si/c1-10(18)16-8-13(20)17(11(2)19)12(14(16)21)9-22-23(6,7)15(3,4)5/h12H,8-9H2,1-7H3. The predicted octanol–water partition coefficient (Wildman–Crippen LogP) is 1.14. The van der Waals surface area contributed by atoms with Crippen molar-refractivity contribution in [3.05, 3.63) is 0 Å². The summed E-state index contributed by atoms with van der Waals surface area (Å²) in [4.78, 5) is 49.7. The van der Waals surface area contributed by atoms with Crippen LogP contribution in [0.15, 0.2) is 0 Å². The molecular formula is C15H26N2O5Si. The van der Waals surface area contributed by atoms with E-state index in [1.807, 2.05) is 13.1 Å². The Morgan fingerprint density at radius 1 is 1.17 bits per heavy atom. The Morgan fingerprint density at radius 2 is 1.70 bits per heavy atom. The van der Waals surface area contributed by atoms with E-state index in [9.17, 15) is 19.2 Å². The average Bonchev–Trinajstić information content (AvgIpc) is 2.36. The number of hydrogen-bond acceptors (Lipinski definition) is 5. The molecular weight excluding hydrogens is 316 g/mol. The highest BCUT2D eigenvalue weighted by molar-refractivity contribution is 6.74. The second-order valence-corrected chi connectivity index (χ2v) is 12.1. The maximum Gasteiger partial charge on any atom is 0.255 e. The Hall–Kier alpha value is -1.54. The molecule has 0 radical (unpaired) electrons. The van der Waals surface area contributed by atoms with Gasteiger partial charge < -0.3 is 4.43 Å². The lowest BCUT2D eigenvalue weighted by Crippen LogP contribution is -2.64. The molecule has 1 atom stereocenters. The Labute approximate surface area is 138 Å². The SMILES string of the molecule is CC(=O)N1CC(=O)N(C(C)=O)C(CO[Si](C)(C)C(C)(C)C)C1=O. The first-order valence-corrected chi connectivity index (χ1v) is 10.5. The van der Waals surface area contributed by atoms with Gasteiger partial charge in [0.2, 0.25) is 17.7 Å². The summed E-state index contributed by atoms with van der Waals surface area (Å²) in [6.07, 6.45) is 0. The summed E-state index contributed by atoms with van der Waals surface area (Å²) >= 11 is 0. The fourth-order valence-corrected chi connectivity index (χ4v) is 3.07. The van der Waals surface area contributed by atoms with Gasteiger partial charge in [-0.05, 0) is 18.1 Å². The van der Waals surface area contributed by atoms with Crippen LogP contribution in [0.1, 0.15) is 34.6 Å². The first-order chi connectivity index (χ1) is 10.3. The first-order valence-electron chi connectivity index (χ1n) is 7.58. The molecule has 0 bridgehead atoms. The van der Waals surface area contributed by atoms with Crippen molar-refractivity contribution in [1.82, 2.24) is 9.80 Å². The van der Waals surface area contributed by atoms with E-state index in [1.165, 1.54) is 13.8 Å². The van der Waals surface area contributed by atoms with Crippen molar-refractivity contribution >= 4 is 31.9 Å². The lowest BCUT2D eigenvalue weighted by Gasteiger charge is -2.41. The molecule has 7 nitrogen and oxygen atoms in total. The van der Waals surface area contributed by atoms with Gasteiger partial charge in [0.1, 0.15) is 12.6 Å². The summed E-state index contributed by atoms with van der Waals surface area (Å²) in [6, 6.07) is -1.08. The van der Waals surface area contributed by atoms with Gasteiger partial charge in [0.15, 0.2) is 8.32 Å². The first kappa shape index (κ1) is 19.5. The van der Waals surface area contributed by atoms with Gasteiger partial charge in [-0.3, -0.25) is 29.0 Å². The molecule has 130 valence electrons.